The molecule has 0 bridgehead atoms. The molecule has 4 rings (SSSR count). The minimum Gasteiger partial charge on any atom is -0.489 e. The van der Waals surface area contributed by atoms with Gasteiger partial charge in [-0.15, -0.1) is 0 Å². The van der Waals surface area contributed by atoms with E-state index < -0.39 is 5.97 Å². The van der Waals surface area contributed by atoms with Gasteiger partial charge >= 0.3 is 5.97 Å². The zero-order valence-electron chi connectivity index (χ0n) is 16.5. The van der Waals surface area contributed by atoms with Crippen LogP contribution in [0.4, 0.5) is 0 Å². The van der Waals surface area contributed by atoms with Gasteiger partial charge in [0.05, 0.1) is 12.5 Å². The lowest BCUT2D eigenvalue weighted by atomic mass is 9.98. The minimum absolute atomic E-state index is 0.131. The molecule has 0 amide bonds. The molecule has 5 heteroatoms. The van der Waals surface area contributed by atoms with Crippen molar-refractivity contribution in [3.05, 3.63) is 53.3 Å². The fourth-order valence-corrected chi connectivity index (χ4v) is 3.83. The molecule has 1 aliphatic rings. The second-order valence-electron chi connectivity index (χ2n) is 7.30. The molecule has 2 heterocycles. The maximum absolute atomic E-state index is 12.1. The first kappa shape index (κ1) is 18.6. The van der Waals surface area contributed by atoms with Crippen molar-refractivity contribution < 1.29 is 18.7 Å². The Kier molecular flexibility index (Phi) is 5.09. The summed E-state index contributed by atoms with van der Waals surface area (Å²) in [6, 6.07) is 12.3. The van der Waals surface area contributed by atoms with Crippen LogP contribution in [0.2, 0.25) is 0 Å². The van der Waals surface area contributed by atoms with Crippen LogP contribution in [0.15, 0.2) is 40.8 Å². The van der Waals surface area contributed by atoms with Gasteiger partial charge in [-0.3, -0.25) is 0 Å². The summed E-state index contributed by atoms with van der Waals surface area (Å²) in [6.07, 6.45) is 2.03. The van der Waals surface area contributed by atoms with Crippen LogP contribution in [0.5, 0.6) is 5.75 Å². The second kappa shape index (κ2) is 7.68. The predicted octanol–water partition coefficient (Wildman–Crippen LogP) is 4.63. The summed E-state index contributed by atoms with van der Waals surface area (Å²) in [4.78, 5) is 12.1. The number of methoxy groups -OCH3 is 1. The van der Waals surface area contributed by atoms with Gasteiger partial charge in [-0.25, -0.2) is 4.79 Å². The highest BCUT2D eigenvalue weighted by Crippen LogP contribution is 2.42. The molecular formula is C23H25NO4. The van der Waals surface area contributed by atoms with Gasteiger partial charge in [0.2, 0.25) is 5.76 Å². The topological polar surface area (TPSA) is 60.7 Å². The average Bonchev–Trinajstić information content (AvgIpc) is 3.05. The first-order valence-electron chi connectivity index (χ1n) is 9.67. The monoisotopic (exact) mass is 379 g/mol. The third kappa shape index (κ3) is 3.38. The van der Waals surface area contributed by atoms with E-state index >= 15 is 0 Å². The van der Waals surface area contributed by atoms with Crippen LogP contribution < -0.4 is 10.1 Å². The van der Waals surface area contributed by atoms with Gasteiger partial charge in [0, 0.05) is 11.1 Å². The smallest absolute Gasteiger partial charge is 0.374 e. The number of furan rings is 1. The molecule has 1 saturated heterocycles. The Morgan fingerprint density at radius 3 is 2.64 bits per heavy atom. The number of hydrogen-bond donors (Lipinski definition) is 1. The maximum Gasteiger partial charge on any atom is 0.374 e. The quantitative estimate of drug-likeness (QED) is 0.670. The fourth-order valence-electron chi connectivity index (χ4n) is 3.83. The lowest BCUT2D eigenvalue weighted by Crippen LogP contribution is -2.34. The molecule has 1 N–H and O–H groups in total. The van der Waals surface area contributed by atoms with Crippen LogP contribution in [0.1, 0.15) is 34.5 Å². The van der Waals surface area contributed by atoms with Gasteiger partial charge in [-0.2, -0.15) is 0 Å². The summed E-state index contributed by atoms with van der Waals surface area (Å²) in [7, 11) is 1.36. The number of aryl methyl sites for hydroxylation is 2. The number of benzene rings is 2. The van der Waals surface area contributed by atoms with E-state index in [1.165, 1.54) is 12.7 Å². The van der Waals surface area contributed by atoms with Crippen LogP contribution in [-0.2, 0) is 4.74 Å². The number of fused-ring (bicyclic) bond motifs is 1. The molecule has 1 aromatic heterocycles. The standard InChI is InChI=1S/C23H25NO4/c1-14-5-4-6-16(13-14)18-7-8-19-20(15(2)21(28-19)23(25)26-3)22(18)27-17-9-11-24-12-10-17/h4-8,13,17,24H,9-12H2,1-3H3. The number of ether oxygens (including phenoxy) is 2. The largest absolute Gasteiger partial charge is 0.489 e. The van der Waals surface area contributed by atoms with Crippen molar-refractivity contribution in [1.29, 1.82) is 0 Å². The molecule has 3 aromatic rings. The van der Waals surface area contributed by atoms with Crippen molar-refractivity contribution in [2.24, 2.45) is 0 Å². The molecule has 5 nitrogen and oxygen atoms in total. The zero-order valence-corrected chi connectivity index (χ0v) is 16.5. The first-order chi connectivity index (χ1) is 13.6. The molecule has 0 radical (unpaired) electrons. The molecule has 0 aliphatic carbocycles. The van der Waals surface area contributed by atoms with Crippen LogP contribution >= 0.6 is 0 Å². The van der Waals surface area contributed by atoms with Gasteiger partial charge in [-0.1, -0.05) is 29.8 Å². The lowest BCUT2D eigenvalue weighted by Gasteiger charge is -2.25. The van der Waals surface area contributed by atoms with Gasteiger partial charge in [0.15, 0.2) is 0 Å². The van der Waals surface area contributed by atoms with E-state index in [9.17, 15) is 4.79 Å². The predicted molar refractivity (Wildman–Crippen MR) is 109 cm³/mol. The van der Waals surface area contributed by atoms with E-state index in [0.717, 1.165) is 53.8 Å². The van der Waals surface area contributed by atoms with Gasteiger partial charge in [0.25, 0.3) is 0 Å². The van der Waals surface area contributed by atoms with Gasteiger partial charge in [-0.05, 0) is 57.5 Å². The third-order valence-corrected chi connectivity index (χ3v) is 5.32. The summed E-state index contributed by atoms with van der Waals surface area (Å²) >= 11 is 0. The van der Waals surface area contributed by atoms with Crippen molar-refractivity contribution in [2.75, 3.05) is 20.2 Å². The van der Waals surface area contributed by atoms with E-state index in [0.29, 0.717) is 5.58 Å². The summed E-state index contributed by atoms with van der Waals surface area (Å²) in [5.74, 6) is 0.541. The number of nitrogens with one attached hydrogen (secondary N) is 1. The van der Waals surface area contributed by atoms with Crippen molar-refractivity contribution in [2.45, 2.75) is 32.8 Å². The highest BCUT2D eigenvalue weighted by Gasteiger charge is 2.25. The highest BCUT2D eigenvalue weighted by molar-refractivity contribution is 6.01. The van der Waals surface area contributed by atoms with Crippen molar-refractivity contribution in [1.82, 2.24) is 5.32 Å². The Morgan fingerprint density at radius 2 is 1.93 bits per heavy atom. The number of piperidine rings is 1. The van der Waals surface area contributed by atoms with E-state index in [4.69, 9.17) is 13.9 Å². The zero-order chi connectivity index (χ0) is 19.7. The van der Waals surface area contributed by atoms with Crippen LogP contribution in [-0.4, -0.2) is 32.3 Å². The van der Waals surface area contributed by atoms with Crippen LogP contribution in [0, 0.1) is 13.8 Å². The summed E-state index contributed by atoms with van der Waals surface area (Å²) in [5, 5.41) is 4.22. The molecule has 0 unspecified atom stereocenters. The highest BCUT2D eigenvalue weighted by atomic mass is 16.5. The Bertz CT molecular complexity index is 1010. The Hall–Kier alpha value is -2.79. The molecule has 1 aliphatic heterocycles. The van der Waals surface area contributed by atoms with E-state index in [2.05, 4.69) is 30.4 Å². The molecule has 2 aromatic carbocycles. The van der Waals surface area contributed by atoms with E-state index in [1.54, 1.807) is 0 Å². The Balaban J connectivity index is 1.91. The molecule has 146 valence electrons. The summed E-state index contributed by atoms with van der Waals surface area (Å²) in [5.41, 5.74) is 4.67. The van der Waals surface area contributed by atoms with E-state index in [-0.39, 0.29) is 11.9 Å². The van der Waals surface area contributed by atoms with Crippen molar-refractivity contribution >= 4 is 16.9 Å². The third-order valence-electron chi connectivity index (χ3n) is 5.32. The van der Waals surface area contributed by atoms with Crippen LogP contribution in [0.3, 0.4) is 0 Å². The lowest BCUT2D eigenvalue weighted by molar-refractivity contribution is 0.0566. The maximum atomic E-state index is 12.1. The van der Waals surface area contributed by atoms with Gasteiger partial charge < -0.3 is 19.2 Å². The van der Waals surface area contributed by atoms with E-state index in [1.807, 2.05) is 25.1 Å². The first-order valence-corrected chi connectivity index (χ1v) is 9.67. The average molecular weight is 379 g/mol. The SMILES string of the molecule is COC(=O)c1oc2ccc(-c3cccc(C)c3)c(OC3CCNCC3)c2c1C. The van der Waals surface area contributed by atoms with Gasteiger partial charge in [0.1, 0.15) is 17.4 Å². The summed E-state index contributed by atoms with van der Waals surface area (Å²) in [6.45, 7) is 5.84. The number of rotatable bonds is 4. The fraction of sp³-hybridized carbons (Fsp3) is 0.348. The molecule has 28 heavy (non-hydrogen) atoms. The molecule has 0 spiro atoms. The minimum atomic E-state index is -0.473. The molecule has 0 atom stereocenters. The van der Waals surface area contributed by atoms with Crippen molar-refractivity contribution in [3.63, 3.8) is 0 Å². The molecule has 0 saturated carbocycles. The summed E-state index contributed by atoms with van der Waals surface area (Å²) < 4.78 is 17.3. The Morgan fingerprint density at radius 1 is 1.14 bits per heavy atom. The number of esters is 1. The van der Waals surface area contributed by atoms with Crippen LogP contribution in [0.25, 0.3) is 22.1 Å². The normalized spacial score (nSPS) is 15.0. The molecular weight excluding hydrogens is 354 g/mol. The number of carbonyl (C=O) groups is 1. The Labute approximate surface area is 164 Å². The molecule has 1 fully saturated rings. The number of carbonyl (C=O) groups excluding carboxylic acids is 1. The second-order valence-corrected chi connectivity index (χ2v) is 7.30. The number of hydrogen-bond acceptors (Lipinski definition) is 5. The van der Waals surface area contributed by atoms with Crippen molar-refractivity contribution in [3.8, 4) is 16.9 Å².